The van der Waals surface area contributed by atoms with Gasteiger partial charge < -0.3 is 29.3 Å². The van der Waals surface area contributed by atoms with E-state index in [1.165, 1.54) is 16.9 Å². The van der Waals surface area contributed by atoms with Crippen LogP contribution in [0.5, 0.6) is 0 Å². The summed E-state index contributed by atoms with van der Waals surface area (Å²) >= 11 is 1.42. The molecule has 26 heavy (non-hydrogen) atoms. The SMILES string of the molecule is Cc1ccc(NC=CC(=O)c2sc(-c3ccc[n+](C)c3)nc2C)cc1.[I-]. The Bertz CT molecular complexity index is 932. The summed E-state index contributed by atoms with van der Waals surface area (Å²) in [4.78, 5) is 17.7. The van der Waals surface area contributed by atoms with Crippen LogP contribution in [0.1, 0.15) is 20.9 Å². The second kappa shape index (κ2) is 9.05. The highest BCUT2D eigenvalue weighted by molar-refractivity contribution is 7.17. The number of halogens is 1. The van der Waals surface area contributed by atoms with Crippen LogP contribution in [-0.2, 0) is 7.05 Å². The molecule has 0 aliphatic heterocycles. The number of benzene rings is 1. The number of hydrogen-bond acceptors (Lipinski definition) is 4. The highest BCUT2D eigenvalue weighted by atomic mass is 127. The van der Waals surface area contributed by atoms with E-state index in [0.29, 0.717) is 4.88 Å². The fourth-order valence-electron chi connectivity index (χ4n) is 2.40. The van der Waals surface area contributed by atoms with Gasteiger partial charge in [0.1, 0.15) is 12.1 Å². The van der Waals surface area contributed by atoms with E-state index >= 15 is 0 Å². The number of aryl methyl sites for hydroxylation is 3. The number of nitrogens with zero attached hydrogens (tertiary/aromatic N) is 2. The van der Waals surface area contributed by atoms with Gasteiger partial charge in [-0.15, -0.1) is 11.3 Å². The molecular formula is C20H20IN3OS. The normalized spacial score (nSPS) is 10.6. The summed E-state index contributed by atoms with van der Waals surface area (Å²) in [5.74, 6) is -0.0406. The van der Waals surface area contributed by atoms with Crippen LogP contribution in [0.4, 0.5) is 5.69 Å². The zero-order valence-corrected chi connectivity index (χ0v) is 17.8. The molecule has 1 aromatic carbocycles. The van der Waals surface area contributed by atoms with Gasteiger partial charge in [0.2, 0.25) is 0 Å². The van der Waals surface area contributed by atoms with E-state index in [0.717, 1.165) is 22.0 Å². The number of hydrogen-bond donors (Lipinski definition) is 1. The third kappa shape index (κ3) is 4.98. The average molecular weight is 477 g/mol. The first kappa shape index (κ1) is 20.3. The topological polar surface area (TPSA) is 45.9 Å². The third-order valence-electron chi connectivity index (χ3n) is 3.74. The molecule has 1 N–H and O–H groups in total. The fraction of sp³-hybridized carbons (Fsp3) is 0.150. The van der Waals surface area contributed by atoms with Gasteiger partial charge in [0.25, 0.3) is 0 Å². The predicted molar refractivity (Wildman–Crippen MR) is 102 cm³/mol. The molecule has 0 aliphatic carbocycles. The Morgan fingerprint density at radius 2 is 1.92 bits per heavy atom. The monoisotopic (exact) mass is 477 g/mol. The van der Waals surface area contributed by atoms with Crippen molar-refractivity contribution in [1.82, 2.24) is 4.98 Å². The van der Waals surface area contributed by atoms with E-state index in [1.54, 1.807) is 12.3 Å². The van der Waals surface area contributed by atoms with Crippen LogP contribution in [-0.4, -0.2) is 10.8 Å². The molecule has 2 aromatic heterocycles. The number of ketones is 1. The fourth-order valence-corrected chi connectivity index (χ4v) is 3.38. The third-order valence-corrected chi connectivity index (χ3v) is 4.96. The number of thiazole rings is 1. The first-order chi connectivity index (χ1) is 12.0. The minimum atomic E-state index is -0.0406. The number of rotatable bonds is 5. The lowest BCUT2D eigenvalue weighted by Crippen LogP contribution is -3.00. The van der Waals surface area contributed by atoms with Gasteiger partial charge in [0.05, 0.1) is 16.1 Å². The molecule has 0 fully saturated rings. The molecule has 3 aromatic rings. The van der Waals surface area contributed by atoms with Crippen molar-refractivity contribution >= 4 is 22.8 Å². The van der Waals surface area contributed by atoms with Gasteiger partial charge in [-0.1, -0.05) is 17.7 Å². The summed E-state index contributed by atoms with van der Waals surface area (Å²) in [6, 6.07) is 12.0. The lowest BCUT2D eigenvalue weighted by Gasteiger charge is -2.00. The summed E-state index contributed by atoms with van der Waals surface area (Å²) < 4.78 is 1.97. The first-order valence-electron chi connectivity index (χ1n) is 8.00. The Balaban J connectivity index is 0.00000243. The molecule has 0 bridgehead atoms. The minimum Gasteiger partial charge on any atom is -1.00 e. The van der Waals surface area contributed by atoms with Gasteiger partial charge >= 0.3 is 0 Å². The molecule has 6 heteroatoms. The van der Waals surface area contributed by atoms with Crippen molar-refractivity contribution in [3.05, 3.63) is 77.2 Å². The van der Waals surface area contributed by atoms with E-state index in [2.05, 4.69) is 10.3 Å². The molecule has 0 saturated heterocycles. The second-order valence-corrected chi connectivity index (χ2v) is 6.90. The molecule has 0 aliphatic rings. The first-order valence-corrected chi connectivity index (χ1v) is 8.82. The van der Waals surface area contributed by atoms with Gasteiger partial charge in [-0.2, -0.15) is 0 Å². The number of carbonyl (C=O) groups is 1. The molecule has 2 heterocycles. The molecular weight excluding hydrogens is 457 g/mol. The summed E-state index contributed by atoms with van der Waals surface area (Å²) in [6.07, 6.45) is 7.19. The van der Waals surface area contributed by atoms with E-state index in [1.807, 2.05) is 74.3 Å². The van der Waals surface area contributed by atoms with Crippen molar-refractivity contribution in [1.29, 1.82) is 0 Å². The van der Waals surface area contributed by atoms with Gasteiger partial charge in [-0.05, 0) is 32.0 Å². The van der Waals surface area contributed by atoms with Crippen LogP contribution < -0.4 is 33.9 Å². The van der Waals surface area contributed by atoms with Gasteiger partial charge in [-0.3, -0.25) is 4.79 Å². The van der Waals surface area contributed by atoms with Crippen LogP contribution in [0.2, 0.25) is 0 Å². The number of pyridine rings is 1. The van der Waals surface area contributed by atoms with E-state index in [-0.39, 0.29) is 29.8 Å². The maximum absolute atomic E-state index is 12.5. The highest BCUT2D eigenvalue weighted by Gasteiger charge is 2.15. The van der Waals surface area contributed by atoms with Gasteiger partial charge in [-0.25, -0.2) is 9.55 Å². The average Bonchev–Trinajstić information content (AvgIpc) is 2.98. The molecule has 0 atom stereocenters. The standard InChI is InChI=1S/C20H19N3OS.HI/c1-14-6-8-17(9-7-14)21-11-10-18(24)19-15(2)22-20(25-19)16-5-4-12-23(3)13-16;/h4-13H,1-3H3;1H. The zero-order valence-electron chi connectivity index (χ0n) is 14.9. The molecule has 0 saturated carbocycles. The van der Waals surface area contributed by atoms with Crippen molar-refractivity contribution in [3.8, 4) is 10.6 Å². The lowest BCUT2D eigenvalue weighted by atomic mass is 10.2. The summed E-state index contributed by atoms with van der Waals surface area (Å²) in [6.45, 7) is 3.91. The Labute approximate surface area is 174 Å². The Hall–Kier alpha value is -2.06. The van der Waals surface area contributed by atoms with Crippen LogP contribution in [0, 0.1) is 13.8 Å². The number of nitrogens with one attached hydrogen (secondary N) is 1. The quantitative estimate of drug-likeness (QED) is 0.259. The van der Waals surface area contributed by atoms with Crippen LogP contribution in [0.15, 0.2) is 61.1 Å². The van der Waals surface area contributed by atoms with Gasteiger partial charge in [0.15, 0.2) is 18.2 Å². The number of aromatic nitrogens is 2. The van der Waals surface area contributed by atoms with Gasteiger partial charge in [0, 0.05) is 24.0 Å². The van der Waals surface area contributed by atoms with Crippen molar-refractivity contribution in [3.63, 3.8) is 0 Å². The molecule has 0 amide bonds. The molecule has 0 unspecified atom stereocenters. The largest absolute Gasteiger partial charge is 1.00 e. The highest BCUT2D eigenvalue weighted by Crippen LogP contribution is 2.27. The van der Waals surface area contributed by atoms with E-state index in [4.69, 9.17) is 0 Å². The number of anilines is 1. The summed E-state index contributed by atoms with van der Waals surface area (Å²) in [5.41, 5.74) is 3.93. The second-order valence-electron chi connectivity index (χ2n) is 5.90. The smallest absolute Gasteiger partial charge is 0.199 e. The van der Waals surface area contributed by atoms with Crippen LogP contribution >= 0.6 is 11.3 Å². The molecule has 0 spiro atoms. The maximum atomic E-state index is 12.5. The maximum Gasteiger partial charge on any atom is 0.199 e. The van der Waals surface area contributed by atoms with Crippen molar-refractivity contribution in [2.75, 3.05) is 5.32 Å². The number of allylic oxidation sites excluding steroid dienone is 1. The lowest BCUT2D eigenvalue weighted by molar-refractivity contribution is -0.671. The Morgan fingerprint density at radius 3 is 2.62 bits per heavy atom. The molecule has 3 rings (SSSR count). The van der Waals surface area contributed by atoms with Crippen molar-refractivity contribution in [2.24, 2.45) is 7.05 Å². The predicted octanol–water partition coefficient (Wildman–Crippen LogP) is 1.06. The number of carbonyl (C=O) groups excluding carboxylic acids is 1. The zero-order chi connectivity index (χ0) is 17.8. The molecule has 0 radical (unpaired) electrons. The molecule has 4 nitrogen and oxygen atoms in total. The Kier molecular flexibility index (Phi) is 7.05. The Morgan fingerprint density at radius 1 is 1.19 bits per heavy atom. The van der Waals surface area contributed by atoms with Crippen LogP contribution in [0.3, 0.4) is 0 Å². The van der Waals surface area contributed by atoms with E-state index in [9.17, 15) is 4.79 Å². The van der Waals surface area contributed by atoms with Crippen molar-refractivity contribution in [2.45, 2.75) is 13.8 Å². The molecule has 134 valence electrons. The minimum absolute atomic E-state index is 0. The van der Waals surface area contributed by atoms with E-state index < -0.39 is 0 Å². The summed E-state index contributed by atoms with van der Waals surface area (Å²) in [5, 5.41) is 3.98. The summed E-state index contributed by atoms with van der Waals surface area (Å²) in [7, 11) is 1.97. The van der Waals surface area contributed by atoms with Crippen molar-refractivity contribution < 1.29 is 33.3 Å². The van der Waals surface area contributed by atoms with Crippen LogP contribution in [0.25, 0.3) is 10.6 Å².